The molecule has 0 radical (unpaired) electrons. The zero-order valence-electron chi connectivity index (χ0n) is 9.91. The Balaban J connectivity index is 1.83. The summed E-state index contributed by atoms with van der Waals surface area (Å²) in [5.74, 6) is -1.05. The van der Waals surface area contributed by atoms with Gasteiger partial charge in [0.05, 0.1) is 23.2 Å². The van der Waals surface area contributed by atoms with Gasteiger partial charge in [-0.1, -0.05) is 0 Å². The molecule has 1 aliphatic heterocycles. The van der Waals surface area contributed by atoms with Crippen molar-refractivity contribution in [3.63, 3.8) is 0 Å². The molecular formula is C13H10N2O4. The second-order valence-electron chi connectivity index (χ2n) is 4.11. The number of hydrogen-bond donors (Lipinski definition) is 0. The number of carbonyl (C=O) groups is 2. The van der Waals surface area contributed by atoms with Crippen LogP contribution in [-0.2, 0) is 14.3 Å². The van der Waals surface area contributed by atoms with Crippen LogP contribution >= 0.6 is 0 Å². The molecule has 96 valence electrons. The van der Waals surface area contributed by atoms with Gasteiger partial charge >= 0.3 is 11.9 Å². The van der Waals surface area contributed by atoms with Gasteiger partial charge in [-0.05, 0) is 18.2 Å². The largest absolute Gasteiger partial charge is 0.463 e. The molecule has 0 amide bonds. The molecule has 2 heterocycles. The summed E-state index contributed by atoms with van der Waals surface area (Å²) in [7, 11) is 0. The monoisotopic (exact) mass is 258 g/mol. The Hall–Kier alpha value is -2.50. The molecule has 1 saturated heterocycles. The predicted molar refractivity (Wildman–Crippen MR) is 64.3 cm³/mol. The molecule has 1 atom stereocenters. The van der Waals surface area contributed by atoms with Crippen molar-refractivity contribution >= 4 is 23.0 Å². The van der Waals surface area contributed by atoms with E-state index in [2.05, 4.69) is 9.97 Å². The first-order valence-electron chi connectivity index (χ1n) is 5.82. The van der Waals surface area contributed by atoms with Crippen LogP contribution < -0.4 is 0 Å². The van der Waals surface area contributed by atoms with E-state index in [1.165, 1.54) is 0 Å². The molecule has 6 nitrogen and oxygen atoms in total. The molecule has 1 fully saturated rings. The third-order valence-electron chi connectivity index (χ3n) is 2.84. The van der Waals surface area contributed by atoms with Crippen molar-refractivity contribution in [2.75, 3.05) is 6.61 Å². The van der Waals surface area contributed by atoms with Gasteiger partial charge in [0.2, 0.25) is 6.10 Å². The Bertz CT molecular complexity index is 656. The van der Waals surface area contributed by atoms with E-state index >= 15 is 0 Å². The Kier molecular flexibility index (Phi) is 2.83. The summed E-state index contributed by atoms with van der Waals surface area (Å²) in [5, 5.41) is 0. The van der Waals surface area contributed by atoms with Gasteiger partial charge in [-0.15, -0.1) is 0 Å². The van der Waals surface area contributed by atoms with E-state index in [-0.39, 0.29) is 0 Å². The SMILES string of the molecule is O=C(O[C@@H]1CCOC1=O)c1ccc2nccnc2c1. The van der Waals surface area contributed by atoms with Crippen LogP contribution in [0.2, 0.25) is 0 Å². The van der Waals surface area contributed by atoms with Gasteiger partial charge in [-0.2, -0.15) is 0 Å². The van der Waals surface area contributed by atoms with Crippen LogP contribution in [0, 0.1) is 0 Å². The fraction of sp³-hybridized carbons (Fsp3) is 0.231. The van der Waals surface area contributed by atoms with E-state index in [0.717, 1.165) is 0 Å². The van der Waals surface area contributed by atoms with Crippen molar-refractivity contribution in [2.24, 2.45) is 0 Å². The fourth-order valence-electron chi connectivity index (χ4n) is 1.87. The molecule has 0 bridgehead atoms. The molecular weight excluding hydrogens is 248 g/mol. The minimum atomic E-state index is -0.801. The van der Waals surface area contributed by atoms with Crippen molar-refractivity contribution in [3.8, 4) is 0 Å². The minimum absolute atomic E-state index is 0.292. The molecule has 1 aromatic heterocycles. The number of fused-ring (bicyclic) bond motifs is 1. The van der Waals surface area contributed by atoms with Gasteiger partial charge in [0, 0.05) is 18.8 Å². The molecule has 1 aromatic carbocycles. The first-order chi connectivity index (χ1) is 9.24. The van der Waals surface area contributed by atoms with E-state index < -0.39 is 18.0 Å². The molecule has 0 N–H and O–H groups in total. The Labute approximate surface area is 108 Å². The fourth-order valence-corrected chi connectivity index (χ4v) is 1.87. The summed E-state index contributed by atoms with van der Waals surface area (Å²) in [4.78, 5) is 31.4. The van der Waals surface area contributed by atoms with E-state index in [1.807, 2.05) is 0 Å². The molecule has 0 aliphatic carbocycles. The maximum absolute atomic E-state index is 11.9. The molecule has 0 saturated carbocycles. The van der Waals surface area contributed by atoms with Crippen molar-refractivity contribution in [3.05, 3.63) is 36.2 Å². The number of esters is 2. The Morgan fingerprint density at radius 1 is 1.26 bits per heavy atom. The average molecular weight is 258 g/mol. The first kappa shape index (κ1) is 11.6. The number of nitrogens with zero attached hydrogens (tertiary/aromatic N) is 2. The van der Waals surface area contributed by atoms with Gasteiger partial charge in [-0.25, -0.2) is 9.59 Å². The summed E-state index contributed by atoms with van der Waals surface area (Å²) < 4.78 is 9.83. The molecule has 1 aliphatic rings. The van der Waals surface area contributed by atoms with Crippen LogP contribution in [0.15, 0.2) is 30.6 Å². The second-order valence-corrected chi connectivity index (χ2v) is 4.11. The minimum Gasteiger partial charge on any atom is -0.463 e. The van der Waals surface area contributed by atoms with E-state index in [4.69, 9.17) is 9.47 Å². The number of ether oxygens (including phenoxy) is 2. The van der Waals surface area contributed by atoms with Crippen molar-refractivity contribution in [1.29, 1.82) is 0 Å². The third-order valence-corrected chi connectivity index (χ3v) is 2.84. The summed E-state index contributed by atoms with van der Waals surface area (Å²) in [6.45, 7) is 0.292. The second kappa shape index (κ2) is 4.64. The quantitative estimate of drug-likeness (QED) is 0.750. The zero-order chi connectivity index (χ0) is 13.2. The van der Waals surface area contributed by atoms with Gasteiger partial charge in [0.1, 0.15) is 0 Å². The predicted octanol–water partition coefficient (Wildman–Crippen LogP) is 1.10. The Morgan fingerprint density at radius 2 is 2.05 bits per heavy atom. The summed E-state index contributed by atoms with van der Waals surface area (Å²) >= 11 is 0. The van der Waals surface area contributed by atoms with Crippen LogP contribution in [0.5, 0.6) is 0 Å². The molecule has 2 aromatic rings. The molecule has 19 heavy (non-hydrogen) atoms. The number of hydrogen-bond acceptors (Lipinski definition) is 6. The lowest BCUT2D eigenvalue weighted by Gasteiger charge is -2.08. The highest BCUT2D eigenvalue weighted by Crippen LogP contribution is 2.16. The van der Waals surface area contributed by atoms with Gasteiger partial charge in [0.25, 0.3) is 0 Å². The lowest BCUT2D eigenvalue weighted by molar-refractivity contribution is -0.145. The van der Waals surface area contributed by atoms with E-state index in [0.29, 0.717) is 29.6 Å². The van der Waals surface area contributed by atoms with Crippen LogP contribution in [0.1, 0.15) is 16.8 Å². The number of rotatable bonds is 2. The van der Waals surface area contributed by atoms with Crippen LogP contribution in [0.25, 0.3) is 11.0 Å². The van der Waals surface area contributed by atoms with Crippen LogP contribution in [-0.4, -0.2) is 34.6 Å². The maximum Gasteiger partial charge on any atom is 0.347 e. The highest BCUT2D eigenvalue weighted by Gasteiger charge is 2.30. The third kappa shape index (κ3) is 2.24. The van der Waals surface area contributed by atoms with Crippen molar-refractivity contribution < 1.29 is 19.1 Å². The topological polar surface area (TPSA) is 78.4 Å². The van der Waals surface area contributed by atoms with Crippen molar-refractivity contribution in [2.45, 2.75) is 12.5 Å². The maximum atomic E-state index is 11.9. The van der Waals surface area contributed by atoms with Crippen LogP contribution in [0.3, 0.4) is 0 Å². The number of cyclic esters (lactones) is 1. The Morgan fingerprint density at radius 3 is 2.79 bits per heavy atom. The molecule has 0 spiro atoms. The first-order valence-corrected chi connectivity index (χ1v) is 5.82. The highest BCUT2D eigenvalue weighted by atomic mass is 16.6. The standard InChI is InChI=1S/C13H10N2O4/c16-12(19-11-3-6-18-13(11)17)8-1-2-9-10(7-8)15-5-4-14-9/h1-2,4-5,7,11H,3,6H2/t11-/m1/s1. The number of benzene rings is 1. The summed E-state index contributed by atoms with van der Waals surface area (Å²) in [5.41, 5.74) is 1.64. The lowest BCUT2D eigenvalue weighted by Crippen LogP contribution is -2.22. The normalized spacial score (nSPS) is 18.3. The summed E-state index contributed by atoms with van der Waals surface area (Å²) in [6, 6.07) is 4.87. The van der Waals surface area contributed by atoms with Crippen LogP contribution in [0.4, 0.5) is 0 Å². The highest BCUT2D eigenvalue weighted by molar-refractivity contribution is 5.94. The number of aromatic nitrogens is 2. The van der Waals surface area contributed by atoms with Gasteiger partial charge < -0.3 is 9.47 Å². The summed E-state index contributed by atoms with van der Waals surface area (Å²) in [6.07, 6.45) is 2.73. The average Bonchev–Trinajstić information content (AvgIpc) is 2.84. The zero-order valence-corrected chi connectivity index (χ0v) is 9.91. The lowest BCUT2D eigenvalue weighted by atomic mass is 10.2. The smallest absolute Gasteiger partial charge is 0.347 e. The molecule has 6 heteroatoms. The molecule has 0 unspecified atom stereocenters. The number of carbonyl (C=O) groups excluding carboxylic acids is 2. The van der Waals surface area contributed by atoms with E-state index in [1.54, 1.807) is 30.6 Å². The van der Waals surface area contributed by atoms with Crippen molar-refractivity contribution in [1.82, 2.24) is 9.97 Å². The van der Waals surface area contributed by atoms with Gasteiger partial charge in [-0.3, -0.25) is 9.97 Å². The molecule has 3 rings (SSSR count). The van der Waals surface area contributed by atoms with Gasteiger partial charge in [0.15, 0.2) is 0 Å². The van der Waals surface area contributed by atoms with E-state index in [9.17, 15) is 9.59 Å².